The van der Waals surface area contributed by atoms with Crippen LogP contribution in [-0.4, -0.2) is 15.9 Å². The molecule has 1 amide bonds. The van der Waals surface area contributed by atoms with Gasteiger partial charge in [0.25, 0.3) is 5.91 Å². The average Bonchev–Trinajstić information content (AvgIpc) is 2.63. The number of hydrogen-bond donors (Lipinski definition) is 1. The average molecular weight is 335 g/mol. The second kappa shape index (κ2) is 6.90. The Labute approximate surface area is 143 Å². The van der Waals surface area contributed by atoms with Crippen LogP contribution in [0.15, 0.2) is 60.9 Å². The number of hydrogen-bond acceptors (Lipinski definition) is 4. The lowest BCUT2D eigenvalue weighted by Gasteiger charge is -2.07. The third-order valence-electron chi connectivity index (χ3n) is 3.32. The van der Waals surface area contributed by atoms with Crippen molar-refractivity contribution in [2.75, 3.05) is 5.32 Å². The van der Waals surface area contributed by atoms with E-state index in [9.17, 15) is 4.79 Å². The molecule has 0 spiro atoms. The first-order valence-corrected chi connectivity index (χ1v) is 7.44. The van der Waals surface area contributed by atoms with Gasteiger partial charge in [0.2, 0.25) is 0 Å². The molecule has 0 bridgehead atoms. The predicted molar refractivity (Wildman–Crippen MR) is 91.6 cm³/mol. The Morgan fingerprint density at radius 1 is 1.08 bits per heavy atom. The summed E-state index contributed by atoms with van der Waals surface area (Å²) >= 11 is 6.10. The number of carbonyl (C=O) groups is 1. The summed E-state index contributed by atoms with van der Waals surface area (Å²) in [4.78, 5) is 20.6. The normalized spacial score (nSPS) is 10.0. The number of para-hydroxylation sites is 1. The summed E-state index contributed by atoms with van der Waals surface area (Å²) in [7, 11) is 0. The van der Waals surface area contributed by atoms with Crippen LogP contribution in [0.25, 0.3) is 11.3 Å². The van der Waals surface area contributed by atoms with Crippen molar-refractivity contribution in [1.29, 1.82) is 5.26 Å². The lowest BCUT2D eigenvalue weighted by Crippen LogP contribution is -2.14. The number of nitrogens with zero attached hydrogens (tertiary/aromatic N) is 3. The van der Waals surface area contributed by atoms with Gasteiger partial charge in [-0.1, -0.05) is 23.7 Å². The van der Waals surface area contributed by atoms with Gasteiger partial charge in [0.05, 0.1) is 22.0 Å². The molecule has 0 atom stereocenters. The number of aromatic nitrogens is 2. The van der Waals surface area contributed by atoms with Crippen molar-refractivity contribution in [1.82, 2.24) is 9.97 Å². The zero-order chi connectivity index (χ0) is 16.9. The maximum Gasteiger partial charge on any atom is 0.274 e. The first-order chi connectivity index (χ1) is 11.7. The Morgan fingerprint density at radius 2 is 1.92 bits per heavy atom. The van der Waals surface area contributed by atoms with Crippen LogP contribution < -0.4 is 5.32 Å². The van der Waals surface area contributed by atoms with Crippen molar-refractivity contribution in [2.24, 2.45) is 0 Å². The summed E-state index contributed by atoms with van der Waals surface area (Å²) in [6.45, 7) is 0. The number of halogens is 1. The number of carbonyl (C=O) groups excluding carboxylic acids is 1. The Hall–Kier alpha value is -3.23. The largest absolute Gasteiger partial charge is 0.319 e. The van der Waals surface area contributed by atoms with Gasteiger partial charge in [-0.3, -0.25) is 14.8 Å². The highest BCUT2D eigenvalue weighted by Crippen LogP contribution is 2.24. The molecule has 0 aliphatic rings. The number of anilines is 1. The number of rotatable bonds is 3. The minimum atomic E-state index is -0.392. The molecule has 0 saturated heterocycles. The van der Waals surface area contributed by atoms with E-state index in [2.05, 4.69) is 15.3 Å². The van der Waals surface area contributed by atoms with Crippen LogP contribution >= 0.6 is 11.6 Å². The summed E-state index contributed by atoms with van der Waals surface area (Å²) < 4.78 is 0. The SMILES string of the molecule is N#Cc1ccccc1NC(=O)c1ccc(-c2ncccc2Cl)cn1. The van der Waals surface area contributed by atoms with E-state index in [1.54, 1.807) is 60.9 Å². The van der Waals surface area contributed by atoms with E-state index in [0.717, 1.165) is 5.56 Å². The Balaban J connectivity index is 1.82. The van der Waals surface area contributed by atoms with Gasteiger partial charge in [-0.2, -0.15) is 5.26 Å². The van der Waals surface area contributed by atoms with Gasteiger partial charge < -0.3 is 5.32 Å². The maximum absolute atomic E-state index is 12.3. The fourth-order valence-electron chi connectivity index (χ4n) is 2.14. The first kappa shape index (κ1) is 15.7. The summed E-state index contributed by atoms with van der Waals surface area (Å²) in [6.07, 6.45) is 3.18. The molecule has 5 nitrogen and oxygen atoms in total. The third-order valence-corrected chi connectivity index (χ3v) is 3.63. The molecule has 2 heterocycles. The molecule has 1 aromatic carbocycles. The standard InChI is InChI=1S/C18H11ClN4O/c19-14-5-3-9-21-17(14)13-7-8-16(22-11-13)18(24)23-15-6-2-1-4-12(15)10-20/h1-9,11H,(H,23,24). The van der Waals surface area contributed by atoms with Crippen molar-refractivity contribution in [2.45, 2.75) is 0 Å². The van der Waals surface area contributed by atoms with E-state index in [-0.39, 0.29) is 5.69 Å². The molecule has 0 aliphatic heterocycles. The number of benzene rings is 1. The molecule has 24 heavy (non-hydrogen) atoms. The third kappa shape index (κ3) is 3.24. The smallest absolute Gasteiger partial charge is 0.274 e. The number of nitrogens with one attached hydrogen (secondary N) is 1. The van der Waals surface area contributed by atoms with Gasteiger partial charge in [-0.05, 0) is 36.4 Å². The predicted octanol–water partition coefficient (Wildman–Crippen LogP) is 3.92. The van der Waals surface area contributed by atoms with Crippen LogP contribution in [-0.2, 0) is 0 Å². The zero-order valence-corrected chi connectivity index (χ0v) is 13.2. The second-order valence-corrected chi connectivity index (χ2v) is 5.28. The molecule has 0 radical (unpaired) electrons. The van der Waals surface area contributed by atoms with Crippen LogP contribution in [0.5, 0.6) is 0 Å². The van der Waals surface area contributed by atoms with Crippen molar-refractivity contribution < 1.29 is 4.79 Å². The topological polar surface area (TPSA) is 78.7 Å². The lowest BCUT2D eigenvalue weighted by molar-refractivity contribution is 0.102. The van der Waals surface area contributed by atoms with E-state index in [1.807, 2.05) is 6.07 Å². The first-order valence-electron chi connectivity index (χ1n) is 7.06. The van der Waals surface area contributed by atoms with Gasteiger partial charge in [-0.15, -0.1) is 0 Å². The van der Waals surface area contributed by atoms with E-state index < -0.39 is 5.91 Å². The Kier molecular flexibility index (Phi) is 4.50. The monoisotopic (exact) mass is 334 g/mol. The van der Waals surface area contributed by atoms with Gasteiger partial charge in [0.1, 0.15) is 11.8 Å². The Morgan fingerprint density at radius 3 is 2.62 bits per heavy atom. The van der Waals surface area contributed by atoms with E-state index in [1.165, 1.54) is 0 Å². The molecule has 3 aromatic rings. The molecule has 0 saturated carbocycles. The second-order valence-electron chi connectivity index (χ2n) is 4.88. The molecule has 3 rings (SSSR count). The van der Waals surface area contributed by atoms with Gasteiger partial charge in [0, 0.05) is 18.0 Å². The van der Waals surface area contributed by atoms with Crippen molar-refractivity contribution in [3.8, 4) is 17.3 Å². The fourth-order valence-corrected chi connectivity index (χ4v) is 2.37. The summed E-state index contributed by atoms with van der Waals surface area (Å²) in [5.74, 6) is -0.392. The fraction of sp³-hybridized carbons (Fsp3) is 0. The molecule has 6 heteroatoms. The highest BCUT2D eigenvalue weighted by atomic mass is 35.5. The number of pyridine rings is 2. The van der Waals surface area contributed by atoms with E-state index in [4.69, 9.17) is 16.9 Å². The molecular formula is C18H11ClN4O. The minimum absolute atomic E-state index is 0.235. The summed E-state index contributed by atoms with van der Waals surface area (Å²) in [6, 6.07) is 15.6. The van der Waals surface area contributed by atoms with Crippen molar-refractivity contribution in [3.05, 3.63) is 77.2 Å². The molecule has 2 aromatic heterocycles. The summed E-state index contributed by atoms with van der Waals surface area (Å²) in [5.41, 5.74) is 2.40. The maximum atomic E-state index is 12.3. The van der Waals surface area contributed by atoms with Crippen molar-refractivity contribution in [3.63, 3.8) is 0 Å². The highest BCUT2D eigenvalue weighted by Gasteiger charge is 2.11. The molecule has 116 valence electrons. The van der Waals surface area contributed by atoms with Crippen molar-refractivity contribution >= 4 is 23.2 Å². The van der Waals surface area contributed by atoms with Crippen LogP contribution in [0.4, 0.5) is 5.69 Å². The van der Waals surface area contributed by atoms with Gasteiger partial charge >= 0.3 is 0 Å². The van der Waals surface area contributed by atoms with Gasteiger partial charge in [0.15, 0.2) is 0 Å². The molecule has 0 fully saturated rings. The molecule has 0 unspecified atom stereocenters. The quantitative estimate of drug-likeness (QED) is 0.787. The highest BCUT2D eigenvalue weighted by molar-refractivity contribution is 6.33. The molecule has 0 aliphatic carbocycles. The van der Waals surface area contributed by atoms with Crippen LogP contribution in [0, 0.1) is 11.3 Å². The Bertz CT molecular complexity index is 932. The van der Waals surface area contributed by atoms with E-state index in [0.29, 0.717) is 22.0 Å². The number of amides is 1. The summed E-state index contributed by atoms with van der Waals surface area (Å²) in [5, 5.41) is 12.3. The zero-order valence-electron chi connectivity index (χ0n) is 12.4. The van der Waals surface area contributed by atoms with Gasteiger partial charge in [-0.25, -0.2) is 0 Å². The molecule has 1 N–H and O–H groups in total. The molecular weight excluding hydrogens is 324 g/mol. The van der Waals surface area contributed by atoms with E-state index >= 15 is 0 Å². The van der Waals surface area contributed by atoms with Crippen LogP contribution in [0.1, 0.15) is 16.1 Å². The van der Waals surface area contributed by atoms with Crippen LogP contribution in [0.2, 0.25) is 5.02 Å². The lowest BCUT2D eigenvalue weighted by atomic mass is 10.1. The number of nitriles is 1. The van der Waals surface area contributed by atoms with Crippen LogP contribution in [0.3, 0.4) is 0 Å². The minimum Gasteiger partial charge on any atom is -0.319 e.